The van der Waals surface area contributed by atoms with Crippen LogP contribution in [0.5, 0.6) is 28.7 Å². The first-order chi connectivity index (χ1) is 18.2. The van der Waals surface area contributed by atoms with E-state index in [4.69, 9.17) is 30.2 Å². The molecule has 3 aromatic carbocycles. The molecular formula is C27H18ClNO9. The Morgan fingerprint density at radius 1 is 1.03 bits per heavy atom. The lowest BCUT2D eigenvalue weighted by Gasteiger charge is -2.34. The molecule has 0 bridgehead atoms. The number of nitrogens with one attached hydrogen (secondary N) is 1. The number of H-pyrrole nitrogens is 1. The lowest BCUT2D eigenvalue weighted by molar-refractivity contribution is -0.0592. The van der Waals surface area contributed by atoms with Crippen LogP contribution in [0.25, 0.3) is 43.8 Å². The highest BCUT2D eigenvalue weighted by atomic mass is 35.5. The zero-order valence-electron chi connectivity index (χ0n) is 19.9. The van der Waals surface area contributed by atoms with Crippen molar-refractivity contribution in [2.75, 3.05) is 13.9 Å². The van der Waals surface area contributed by atoms with Gasteiger partial charge in [0.2, 0.25) is 5.43 Å². The number of fused-ring (bicyclic) bond motifs is 6. The van der Waals surface area contributed by atoms with Gasteiger partial charge in [0.25, 0.3) is 5.56 Å². The summed E-state index contributed by atoms with van der Waals surface area (Å²) in [6, 6.07) is 4.48. The molecule has 0 saturated carbocycles. The molecule has 1 aliphatic carbocycles. The Morgan fingerprint density at radius 2 is 1.79 bits per heavy atom. The van der Waals surface area contributed by atoms with Gasteiger partial charge in [-0.1, -0.05) is 11.6 Å². The first-order valence-corrected chi connectivity index (χ1v) is 12.0. The quantitative estimate of drug-likeness (QED) is 0.179. The zero-order chi connectivity index (χ0) is 26.6. The number of aromatic amines is 1. The van der Waals surface area contributed by atoms with Crippen LogP contribution >= 0.6 is 11.6 Å². The maximum atomic E-state index is 13.7. The number of phenols is 3. The first kappa shape index (κ1) is 22.8. The first-order valence-electron chi connectivity index (χ1n) is 11.6. The molecule has 5 aromatic rings. The summed E-state index contributed by atoms with van der Waals surface area (Å²) in [6.07, 6.45) is -0.623. The second-order valence-electron chi connectivity index (χ2n) is 9.30. The van der Waals surface area contributed by atoms with E-state index in [0.29, 0.717) is 11.3 Å². The number of methoxy groups -OCH3 is 1. The topological polar surface area (TPSA) is 151 Å². The van der Waals surface area contributed by atoms with E-state index in [9.17, 15) is 24.9 Å². The Labute approximate surface area is 217 Å². The number of aryl methyl sites for hydroxylation is 1. The smallest absolute Gasteiger partial charge is 0.259 e. The minimum atomic E-state index is -0.718. The normalized spacial score (nSPS) is 15.9. The minimum absolute atomic E-state index is 0.0125. The van der Waals surface area contributed by atoms with Gasteiger partial charge in [-0.2, -0.15) is 0 Å². The molecule has 0 unspecified atom stereocenters. The molecular weight excluding hydrogens is 518 g/mol. The van der Waals surface area contributed by atoms with E-state index >= 15 is 0 Å². The van der Waals surface area contributed by atoms with E-state index in [0.717, 1.165) is 0 Å². The van der Waals surface area contributed by atoms with Crippen LogP contribution < -0.4 is 20.5 Å². The van der Waals surface area contributed by atoms with E-state index in [1.807, 2.05) is 0 Å². The predicted octanol–water partition coefficient (Wildman–Crippen LogP) is 4.51. The number of halogens is 1. The molecule has 0 spiro atoms. The van der Waals surface area contributed by atoms with Crippen LogP contribution in [-0.4, -0.2) is 34.2 Å². The van der Waals surface area contributed by atoms with E-state index in [-0.39, 0.29) is 84.9 Å². The van der Waals surface area contributed by atoms with Crippen molar-refractivity contribution in [3.8, 4) is 39.9 Å². The number of aromatic hydroxyl groups is 3. The number of hydrogen-bond donors (Lipinski definition) is 4. The van der Waals surface area contributed by atoms with Crippen molar-refractivity contribution in [3.05, 3.63) is 60.6 Å². The van der Waals surface area contributed by atoms with Crippen molar-refractivity contribution >= 4 is 44.3 Å². The molecule has 10 nitrogen and oxygen atoms in total. The van der Waals surface area contributed by atoms with Crippen molar-refractivity contribution < 1.29 is 33.9 Å². The summed E-state index contributed by atoms with van der Waals surface area (Å²) in [5.41, 5.74) is -0.0868. The second kappa shape index (κ2) is 7.56. The van der Waals surface area contributed by atoms with Crippen LogP contribution in [0.3, 0.4) is 0 Å². The Kier molecular flexibility index (Phi) is 4.53. The number of ether oxygens (including phenoxy) is 3. The summed E-state index contributed by atoms with van der Waals surface area (Å²) < 4.78 is 23.1. The lowest BCUT2D eigenvalue weighted by atomic mass is 9.79. The van der Waals surface area contributed by atoms with Gasteiger partial charge in [-0.25, -0.2) is 0 Å². The van der Waals surface area contributed by atoms with Crippen LogP contribution in [0.15, 0.2) is 32.2 Å². The largest absolute Gasteiger partial charge is 0.507 e. The number of pyridine rings is 1. The predicted molar refractivity (Wildman–Crippen MR) is 138 cm³/mol. The maximum Gasteiger partial charge on any atom is 0.259 e. The van der Waals surface area contributed by atoms with Gasteiger partial charge in [0, 0.05) is 39.8 Å². The minimum Gasteiger partial charge on any atom is -0.507 e. The van der Waals surface area contributed by atoms with E-state index in [2.05, 4.69) is 4.98 Å². The van der Waals surface area contributed by atoms with Crippen molar-refractivity contribution in [2.24, 2.45) is 0 Å². The van der Waals surface area contributed by atoms with Gasteiger partial charge in [0.05, 0.1) is 29.0 Å². The SMILES string of the molecule is COc1c(Cl)ccc2c(=O)c3c(O)c4c5c(c3oc12)OCO[C@@H]5Cc1c-4c(O)c2c(=O)[nH]c(C)cc2c1O. The molecule has 1 atom stereocenters. The van der Waals surface area contributed by atoms with Crippen LogP contribution in [0.2, 0.25) is 5.02 Å². The highest BCUT2D eigenvalue weighted by molar-refractivity contribution is 6.33. The van der Waals surface area contributed by atoms with E-state index < -0.39 is 28.6 Å². The Hall–Kier alpha value is -4.41. The molecule has 3 heterocycles. The number of hydrogen-bond acceptors (Lipinski definition) is 9. The summed E-state index contributed by atoms with van der Waals surface area (Å²) in [5, 5.41) is 34.4. The van der Waals surface area contributed by atoms with E-state index in [1.165, 1.54) is 19.2 Å². The third kappa shape index (κ3) is 2.70. The molecule has 1 aliphatic heterocycles. The third-order valence-electron chi connectivity index (χ3n) is 7.28. The monoisotopic (exact) mass is 535 g/mol. The lowest BCUT2D eigenvalue weighted by Crippen LogP contribution is -2.24. The number of aromatic nitrogens is 1. The molecule has 0 amide bonds. The molecule has 0 radical (unpaired) electrons. The highest BCUT2D eigenvalue weighted by Crippen LogP contribution is 2.59. The molecule has 192 valence electrons. The molecule has 2 aromatic heterocycles. The van der Waals surface area contributed by atoms with Crippen LogP contribution in [0.4, 0.5) is 0 Å². The van der Waals surface area contributed by atoms with Gasteiger partial charge in [-0.05, 0) is 25.1 Å². The van der Waals surface area contributed by atoms with Gasteiger partial charge >= 0.3 is 0 Å². The van der Waals surface area contributed by atoms with Gasteiger partial charge in [0.15, 0.2) is 29.5 Å². The average molecular weight is 536 g/mol. The molecule has 0 saturated heterocycles. The Morgan fingerprint density at radius 3 is 2.55 bits per heavy atom. The van der Waals surface area contributed by atoms with Gasteiger partial charge in [-0.3, -0.25) is 9.59 Å². The molecule has 7 rings (SSSR count). The van der Waals surface area contributed by atoms with Gasteiger partial charge in [0.1, 0.15) is 22.6 Å². The third-order valence-corrected chi connectivity index (χ3v) is 7.58. The fourth-order valence-corrected chi connectivity index (χ4v) is 5.92. The zero-order valence-corrected chi connectivity index (χ0v) is 20.6. The summed E-state index contributed by atoms with van der Waals surface area (Å²) in [5.74, 6) is -0.916. The Bertz CT molecular complexity index is 2030. The summed E-state index contributed by atoms with van der Waals surface area (Å²) in [6.45, 7) is 1.46. The van der Waals surface area contributed by atoms with Crippen LogP contribution in [0, 0.1) is 6.92 Å². The van der Waals surface area contributed by atoms with Crippen molar-refractivity contribution in [1.82, 2.24) is 4.98 Å². The van der Waals surface area contributed by atoms with Crippen molar-refractivity contribution in [1.29, 1.82) is 0 Å². The molecule has 11 heteroatoms. The standard InChI is InChI=1S/C27H18ClNO9/c1-8-5-10-15(27(34)29-8)21(32)14-11(19(10)30)6-13-16-17(14)22(33)18-20(31)9-3-4-12(28)24(35-2)23(9)38-26(18)25(16)37-7-36-13/h3-5,13,30,32-33H,6-7H2,1-2H3,(H,29,34)/t13-/m1/s1. The maximum absolute atomic E-state index is 13.7. The molecule has 0 fully saturated rings. The molecule has 38 heavy (non-hydrogen) atoms. The summed E-state index contributed by atoms with van der Waals surface area (Å²) >= 11 is 6.25. The Balaban J connectivity index is 1.71. The number of phenolic OH excluding ortho intramolecular Hbond substituents is 3. The average Bonchev–Trinajstić information content (AvgIpc) is 2.88. The molecule has 2 aliphatic rings. The second-order valence-corrected chi connectivity index (χ2v) is 9.71. The fourth-order valence-electron chi connectivity index (χ4n) is 5.70. The molecule has 4 N–H and O–H groups in total. The number of rotatable bonds is 1. The van der Waals surface area contributed by atoms with Crippen LogP contribution in [0.1, 0.15) is 22.9 Å². The van der Waals surface area contributed by atoms with E-state index in [1.54, 1.807) is 13.0 Å². The highest BCUT2D eigenvalue weighted by Gasteiger charge is 2.41. The number of benzene rings is 3. The van der Waals surface area contributed by atoms with Crippen molar-refractivity contribution in [2.45, 2.75) is 19.4 Å². The van der Waals surface area contributed by atoms with Gasteiger partial charge in [-0.15, -0.1) is 0 Å². The summed E-state index contributed by atoms with van der Waals surface area (Å²) in [7, 11) is 1.39. The summed E-state index contributed by atoms with van der Waals surface area (Å²) in [4.78, 5) is 29.2. The fraction of sp³-hybridized carbons (Fsp3) is 0.185. The van der Waals surface area contributed by atoms with Gasteiger partial charge < -0.3 is 38.9 Å². The van der Waals surface area contributed by atoms with Crippen molar-refractivity contribution in [3.63, 3.8) is 0 Å². The van der Waals surface area contributed by atoms with Crippen LogP contribution in [-0.2, 0) is 11.2 Å².